The van der Waals surface area contributed by atoms with Gasteiger partial charge < -0.3 is 4.90 Å². The van der Waals surface area contributed by atoms with Gasteiger partial charge in [-0.15, -0.1) is 0 Å². The van der Waals surface area contributed by atoms with Crippen LogP contribution in [-0.2, 0) is 17.3 Å². The van der Waals surface area contributed by atoms with Crippen LogP contribution in [0.15, 0.2) is 0 Å². The molecule has 5 rings (SSSR count). The Morgan fingerprint density at radius 2 is 0.900 bits per heavy atom. The van der Waals surface area contributed by atoms with Crippen molar-refractivity contribution in [3.63, 3.8) is 0 Å². The maximum atomic E-state index is 2.85. The highest BCUT2D eigenvalue weighted by atomic mass is 15.2. The number of hydrogen-bond acceptors (Lipinski definition) is 1. The number of hydrogen-bond donors (Lipinski definition) is 0. The molecule has 0 amide bonds. The van der Waals surface area contributed by atoms with E-state index in [1.807, 2.05) is 0 Å². The summed E-state index contributed by atoms with van der Waals surface area (Å²) in [5.41, 5.74) is 19.2. The maximum absolute atomic E-state index is 2.85. The Morgan fingerprint density at radius 3 is 1.27 bits per heavy atom. The number of anilines is 2. The Hall–Kier alpha value is -1.76. The molecule has 3 aliphatic heterocycles. The molecule has 2 aromatic rings. The Bertz CT molecular complexity index is 1060. The zero-order chi connectivity index (χ0) is 22.1. The third-order valence-corrected chi connectivity index (χ3v) is 9.29. The van der Waals surface area contributed by atoms with Crippen molar-refractivity contribution in [1.82, 2.24) is 0 Å². The van der Waals surface area contributed by atoms with Crippen LogP contribution in [0.25, 0.3) is 0 Å². The van der Waals surface area contributed by atoms with E-state index < -0.39 is 0 Å². The number of rotatable bonds is 0. The third-order valence-electron chi connectivity index (χ3n) is 9.29. The van der Waals surface area contributed by atoms with Crippen LogP contribution in [0.5, 0.6) is 0 Å². The molecule has 1 heteroatoms. The first kappa shape index (κ1) is 20.2. The van der Waals surface area contributed by atoms with Gasteiger partial charge in [0, 0.05) is 23.3 Å². The smallest absolute Gasteiger partial charge is 0.0495 e. The summed E-state index contributed by atoms with van der Waals surface area (Å²) < 4.78 is 0. The molecule has 3 heterocycles. The molecule has 0 saturated carbocycles. The summed E-state index contributed by atoms with van der Waals surface area (Å²) in [6.45, 7) is 26.7. The van der Waals surface area contributed by atoms with Crippen molar-refractivity contribution in [3.05, 3.63) is 55.6 Å². The molecule has 0 N–H and O–H groups in total. The molecule has 160 valence electrons. The van der Waals surface area contributed by atoms with Gasteiger partial charge in [0.25, 0.3) is 0 Å². The molecule has 0 aromatic heterocycles. The lowest BCUT2D eigenvalue weighted by atomic mass is 9.57. The fraction of sp³-hybridized carbons (Fsp3) is 0.586. The van der Waals surface area contributed by atoms with E-state index in [-0.39, 0.29) is 16.4 Å². The van der Waals surface area contributed by atoms with Crippen LogP contribution >= 0.6 is 0 Å². The molecular weight excluding hydrogens is 362 g/mol. The molecule has 0 atom stereocenters. The van der Waals surface area contributed by atoms with Gasteiger partial charge in [0.15, 0.2) is 0 Å². The fourth-order valence-electron chi connectivity index (χ4n) is 8.11. The van der Waals surface area contributed by atoms with Gasteiger partial charge in [-0.3, -0.25) is 0 Å². The van der Waals surface area contributed by atoms with Gasteiger partial charge in [-0.1, -0.05) is 27.7 Å². The summed E-state index contributed by atoms with van der Waals surface area (Å²) in [7, 11) is 0. The molecule has 0 fully saturated rings. The molecule has 0 radical (unpaired) electrons. The molecule has 0 aliphatic carbocycles. The first-order valence-electron chi connectivity index (χ1n) is 11.8. The Balaban J connectivity index is 2.02. The van der Waals surface area contributed by atoms with Crippen LogP contribution in [0.3, 0.4) is 0 Å². The van der Waals surface area contributed by atoms with Gasteiger partial charge in [0.1, 0.15) is 0 Å². The molecule has 1 nitrogen and oxygen atoms in total. The molecular formula is C29H39N. The van der Waals surface area contributed by atoms with E-state index in [9.17, 15) is 0 Å². The SMILES string of the molecule is Cc1c(C)c2c3c(c1C)C(C)(C)CC1(C)CC(C)(C)c4c(C)c(C)c(C)c(c4N31)C2. The zero-order valence-electron chi connectivity index (χ0n) is 21.1. The topological polar surface area (TPSA) is 3.24 Å². The maximum Gasteiger partial charge on any atom is 0.0495 e. The van der Waals surface area contributed by atoms with E-state index in [1.54, 1.807) is 33.6 Å². The van der Waals surface area contributed by atoms with Crippen LogP contribution < -0.4 is 4.90 Å². The first-order valence-corrected chi connectivity index (χ1v) is 11.8. The molecule has 30 heavy (non-hydrogen) atoms. The zero-order valence-corrected chi connectivity index (χ0v) is 21.1. The van der Waals surface area contributed by atoms with E-state index in [2.05, 4.69) is 81.1 Å². The molecule has 3 aliphatic rings. The van der Waals surface area contributed by atoms with Crippen molar-refractivity contribution in [2.45, 2.75) is 112 Å². The van der Waals surface area contributed by atoms with Crippen molar-refractivity contribution in [1.29, 1.82) is 0 Å². The third kappa shape index (κ3) is 2.15. The number of nitrogens with zero attached hydrogens (tertiary/aromatic N) is 1. The van der Waals surface area contributed by atoms with E-state index in [0.717, 1.165) is 6.42 Å². The average Bonchev–Trinajstić information content (AvgIpc) is 2.60. The molecule has 0 saturated heterocycles. The fourth-order valence-corrected chi connectivity index (χ4v) is 8.11. The van der Waals surface area contributed by atoms with Crippen LogP contribution in [0.2, 0.25) is 0 Å². The quantitative estimate of drug-likeness (QED) is 0.437. The minimum atomic E-state index is 0.152. The van der Waals surface area contributed by atoms with E-state index >= 15 is 0 Å². The van der Waals surface area contributed by atoms with Gasteiger partial charge in [-0.25, -0.2) is 0 Å². The van der Waals surface area contributed by atoms with Crippen LogP contribution in [0.1, 0.15) is 103 Å². The lowest BCUT2D eigenvalue weighted by molar-refractivity contribution is 0.227. The molecule has 0 spiro atoms. The van der Waals surface area contributed by atoms with Crippen LogP contribution in [0.4, 0.5) is 11.4 Å². The minimum Gasteiger partial charge on any atom is -0.334 e. The largest absolute Gasteiger partial charge is 0.334 e. The number of benzene rings is 2. The normalized spacial score (nSPS) is 21.5. The van der Waals surface area contributed by atoms with Crippen LogP contribution in [0, 0.1) is 41.5 Å². The molecule has 0 bridgehead atoms. The summed E-state index contributed by atoms with van der Waals surface area (Å²) in [5.74, 6) is 0. The predicted molar refractivity (Wildman–Crippen MR) is 130 cm³/mol. The van der Waals surface area contributed by atoms with Gasteiger partial charge >= 0.3 is 0 Å². The van der Waals surface area contributed by atoms with Gasteiger partial charge in [0.05, 0.1) is 0 Å². The van der Waals surface area contributed by atoms with Gasteiger partial charge in [0.2, 0.25) is 0 Å². The molecule has 2 aromatic carbocycles. The predicted octanol–water partition coefficient (Wildman–Crippen LogP) is 7.70. The second kappa shape index (κ2) is 5.53. The summed E-state index contributed by atoms with van der Waals surface area (Å²) in [4.78, 5) is 2.85. The van der Waals surface area contributed by atoms with E-state index in [0.29, 0.717) is 0 Å². The second-order valence-corrected chi connectivity index (χ2v) is 12.3. The standard InChI is InChI=1S/C29H39N/c1-15-17(3)21-12-22-18(4)16(2)20(6)24-26(22)30-25(21)23(19(15)5)27(7,8)13-29(30,11)14-28(24,9)10/h12-14H2,1-11H3. The summed E-state index contributed by atoms with van der Waals surface area (Å²) in [5, 5.41) is 0. The highest BCUT2D eigenvalue weighted by molar-refractivity contribution is 5.88. The lowest BCUT2D eigenvalue weighted by Crippen LogP contribution is -2.59. The average molecular weight is 402 g/mol. The van der Waals surface area contributed by atoms with Crippen LogP contribution in [-0.4, -0.2) is 5.54 Å². The minimum absolute atomic E-state index is 0.152. The molecule has 0 unspecified atom stereocenters. The highest BCUT2D eigenvalue weighted by Gasteiger charge is 2.55. The van der Waals surface area contributed by atoms with E-state index in [4.69, 9.17) is 0 Å². The Labute approximate surface area is 183 Å². The van der Waals surface area contributed by atoms with Crippen molar-refractivity contribution in [3.8, 4) is 0 Å². The van der Waals surface area contributed by atoms with Crippen molar-refractivity contribution >= 4 is 11.4 Å². The highest BCUT2D eigenvalue weighted by Crippen LogP contribution is 2.64. The summed E-state index contributed by atoms with van der Waals surface area (Å²) in [6.07, 6.45) is 3.51. The van der Waals surface area contributed by atoms with Gasteiger partial charge in [-0.05, 0) is 128 Å². The Morgan fingerprint density at radius 1 is 0.533 bits per heavy atom. The first-order chi connectivity index (χ1) is 13.7. The van der Waals surface area contributed by atoms with Gasteiger partial charge in [-0.2, -0.15) is 0 Å². The summed E-state index contributed by atoms with van der Waals surface area (Å²) >= 11 is 0. The van der Waals surface area contributed by atoms with E-state index in [1.165, 1.54) is 46.2 Å². The lowest BCUT2D eigenvalue weighted by Gasteiger charge is -2.62. The Kier molecular flexibility index (Phi) is 3.72. The van der Waals surface area contributed by atoms with Crippen molar-refractivity contribution < 1.29 is 0 Å². The monoisotopic (exact) mass is 401 g/mol. The summed E-state index contributed by atoms with van der Waals surface area (Å²) in [6, 6.07) is 0. The van der Waals surface area contributed by atoms with Crippen molar-refractivity contribution in [2.24, 2.45) is 0 Å². The van der Waals surface area contributed by atoms with Crippen molar-refractivity contribution in [2.75, 3.05) is 4.90 Å². The second-order valence-electron chi connectivity index (χ2n) is 12.3.